The van der Waals surface area contributed by atoms with Gasteiger partial charge in [0.2, 0.25) is 0 Å². The van der Waals surface area contributed by atoms with Crippen LogP contribution in [0.2, 0.25) is 0 Å². The van der Waals surface area contributed by atoms with Crippen LogP contribution in [-0.2, 0) is 19.1 Å². The highest BCUT2D eigenvalue weighted by atomic mass is 32.2. The molecule has 1 heterocycles. The van der Waals surface area contributed by atoms with E-state index in [2.05, 4.69) is 0 Å². The van der Waals surface area contributed by atoms with E-state index in [-0.39, 0.29) is 22.9 Å². The van der Waals surface area contributed by atoms with Gasteiger partial charge in [-0.3, -0.25) is 14.4 Å². The number of hydrogen-bond donors (Lipinski definition) is 1. The molecule has 0 aromatic heterocycles. The monoisotopic (exact) mass is 246 g/mol. The van der Waals surface area contributed by atoms with Gasteiger partial charge in [0, 0.05) is 18.1 Å². The molecule has 16 heavy (non-hydrogen) atoms. The number of esters is 1. The highest BCUT2D eigenvalue weighted by Gasteiger charge is 2.28. The molecule has 0 amide bonds. The Bertz CT molecular complexity index is 302. The summed E-state index contributed by atoms with van der Waals surface area (Å²) < 4.78 is 4.78. The van der Waals surface area contributed by atoms with Gasteiger partial charge in [-0.1, -0.05) is 6.92 Å². The van der Waals surface area contributed by atoms with Crippen LogP contribution >= 0.6 is 11.8 Å². The Morgan fingerprint density at radius 3 is 2.81 bits per heavy atom. The molecule has 1 N–H and O–H groups in total. The molecule has 1 rings (SSSR count). The molecule has 0 aliphatic carbocycles. The number of cyclic esters (lactones) is 1. The molecule has 2 atom stereocenters. The number of carbonyl (C=O) groups excluding carboxylic acids is 2. The van der Waals surface area contributed by atoms with Crippen molar-refractivity contribution in [3.8, 4) is 0 Å². The molecule has 1 unspecified atom stereocenters. The zero-order valence-corrected chi connectivity index (χ0v) is 9.79. The summed E-state index contributed by atoms with van der Waals surface area (Å²) in [5, 5.41) is 8.26. The van der Waals surface area contributed by atoms with Crippen LogP contribution in [0.3, 0.4) is 0 Å². The minimum atomic E-state index is -1.11. The maximum Gasteiger partial charge on any atom is 0.319 e. The van der Waals surface area contributed by atoms with Crippen molar-refractivity contribution in [2.75, 3.05) is 12.4 Å². The molecule has 1 aliphatic rings. The van der Waals surface area contributed by atoms with Gasteiger partial charge >= 0.3 is 11.9 Å². The molecule has 0 aromatic rings. The van der Waals surface area contributed by atoms with Crippen LogP contribution in [0.4, 0.5) is 0 Å². The number of carboxylic acid groups (broad SMARTS) is 1. The van der Waals surface area contributed by atoms with E-state index in [0.717, 1.165) is 0 Å². The summed E-state index contributed by atoms with van der Waals surface area (Å²) in [6.07, 6.45) is 0.222. The van der Waals surface area contributed by atoms with Gasteiger partial charge in [0.1, 0.15) is 17.5 Å². The van der Waals surface area contributed by atoms with Crippen molar-refractivity contribution in [3.05, 3.63) is 0 Å². The summed E-state index contributed by atoms with van der Waals surface area (Å²) in [7, 11) is 0. The third kappa shape index (κ3) is 3.84. The minimum Gasteiger partial charge on any atom is -0.481 e. The molecule has 0 radical (unpaired) electrons. The van der Waals surface area contributed by atoms with Crippen LogP contribution in [0.15, 0.2) is 0 Å². The lowest BCUT2D eigenvalue weighted by molar-refractivity contribution is -0.141. The molecule has 1 saturated heterocycles. The van der Waals surface area contributed by atoms with Crippen LogP contribution < -0.4 is 0 Å². The zero-order chi connectivity index (χ0) is 12.1. The number of aliphatic carboxylic acids is 1. The fourth-order valence-corrected chi connectivity index (χ4v) is 2.48. The van der Waals surface area contributed by atoms with Gasteiger partial charge in [0.15, 0.2) is 0 Å². The second kappa shape index (κ2) is 5.89. The van der Waals surface area contributed by atoms with Crippen molar-refractivity contribution in [1.82, 2.24) is 0 Å². The normalized spacial score (nSPS) is 21.6. The first kappa shape index (κ1) is 13.0. The molecule has 1 aliphatic heterocycles. The first-order valence-corrected chi connectivity index (χ1v) is 6.08. The van der Waals surface area contributed by atoms with Crippen molar-refractivity contribution in [2.24, 2.45) is 5.92 Å². The fraction of sp³-hybridized carbons (Fsp3) is 0.700. The lowest BCUT2D eigenvalue weighted by atomic mass is 10.1. The van der Waals surface area contributed by atoms with E-state index < -0.39 is 12.4 Å². The van der Waals surface area contributed by atoms with Gasteiger partial charge in [-0.05, 0) is 0 Å². The molecule has 6 heteroatoms. The number of Topliss-reactive ketones (excluding diaryl/α,β-unsaturated/α-hetero) is 1. The number of hydrogen-bond acceptors (Lipinski definition) is 5. The maximum atomic E-state index is 11.3. The summed E-state index contributed by atoms with van der Waals surface area (Å²) in [5.41, 5.74) is 0. The summed E-state index contributed by atoms with van der Waals surface area (Å²) in [4.78, 5) is 32.8. The van der Waals surface area contributed by atoms with Gasteiger partial charge in [-0.25, -0.2) is 0 Å². The van der Waals surface area contributed by atoms with Gasteiger partial charge in [0.05, 0.1) is 6.61 Å². The molecule has 0 saturated carbocycles. The molecule has 0 spiro atoms. The van der Waals surface area contributed by atoms with E-state index in [1.807, 2.05) is 0 Å². The molecule has 5 nitrogen and oxygen atoms in total. The number of rotatable bonds is 6. The third-order valence-electron chi connectivity index (χ3n) is 2.31. The highest BCUT2D eigenvalue weighted by molar-refractivity contribution is 8.00. The van der Waals surface area contributed by atoms with E-state index >= 15 is 0 Å². The SMILES string of the molecule is C[C@@H](CSC1CCOC1=O)C(=O)CC(=O)O. The largest absolute Gasteiger partial charge is 0.481 e. The predicted molar refractivity (Wildman–Crippen MR) is 58.2 cm³/mol. The fourth-order valence-electron chi connectivity index (χ4n) is 1.31. The second-order valence-electron chi connectivity index (χ2n) is 3.72. The van der Waals surface area contributed by atoms with Crippen molar-refractivity contribution < 1.29 is 24.2 Å². The van der Waals surface area contributed by atoms with Crippen molar-refractivity contribution in [2.45, 2.75) is 25.0 Å². The minimum absolute atomic E-state index is 0.194. The number of thioether (sulfide) groups is 1. The highest BCUT2D eigenvalue weighted by Crippen LogP contribution is 2.24. The Labute approximate surface area is 97.5 Å². The topological polar surface area (TPSA) is 80.7 Å². The summed E-state index contributed by atoms with van der Waals surface area (Å²) >= 11 is 1.37. The standard InChI is InChI=1S/C10H14O5S/c1-6(7(11)4-9(12)13)5-16-8-2-3-15-10(8)14/h6,8H,2-5H2,1H3,(H,12,13)/t6-,8?/m0/s1. The van der Waals surface area contributed by atoms with Gasteiger partial charge in [-0.15, -0.1) is 11.8 Å². The first-order valence-electron chi connectivity index (χ1n) is 5.03. The number of carboxylic acids is 1. The summed E-state index contributed by atoms with van der Waals surface area (Å²) in [5.74, 6) is -1.52. The molecule has 0 bridgehead atoms. The van der Waals surface area contributed by atoms with E-state index in [0.29, 0.717) is 18.8 Å². The average molecular weight is 246 g/mol. The summed E-state index contributed by atoms with van der Waals surface area (Å²) in [6.45, 7) is 2.12. The predicted octanol–water partition coefficient (Wildman–Crippen LogP) is 0.715. The van der Waals surface area contributed by atoms with E-state index in [9.17, 15) is 14.4 Å². The molecular weight excluding hydrogens is 232 g/mol. The third-order valence-corrected chi connectivity index (χ3v) is 3.83. The Balaban J connectivity index is 2.28. The molecule has 0 aromatic carbocycles. The van der Waals surface area contributed by atoms with Crippen LogP contribution in [-0.4, -0.2) is 40.4 Å². The van der Waals surface area contributed by atoms with Gasteiger partial charge < -0.3 is 9.84 Å². The average Bonchev–Trinajstić information content (AvgIpc) is 2.59. The van der Waals surface area contributed by atoms with E-state index in [1.165, 1.54) is 11.8 Å². The lowest BCUT2D eigenvalue weighted by Crippen LogP contribution is -2.19. The lowest BCUT2D eigenvalue weighted by Gasteiger charge is -2.10. The number of ketones is 1. The quantitative estimate of drug-likeness (QED) is 0.549. The first-order chi connectivity index (χ1) is 7.50. The number of ether oxygens (including phenoxy) is 1. The maximum absolute atomic E-state index is 11.3. The zero-order valence-electron chi connectivity index (χ0n) is 8.97. The van der Waals surface area contributed by atoms with Crippen molar-refractivity contribution >= 4 is 29.5 Å². The van der Waals surface area contributed by atoms with Crippen LogP contribution in [0, 0.1) is 5.92 Å². The Hall–Kier alpha value is -1.04. The van der Waals surface area contributed by atoms with E-state index in [1.54, 1.807) is 6.92 Å². The number of carbonyl (C=O) groups is 3. The van der Waals surface area contributed by atoms with E-state index in [4.69, 9.17) is 9.84 Å². The molecule has 1 fully saturated rings. The van der Waals surface area contributed by atoms with Gasteiger partial charge in [0.25, 0.3) is 0 Å². The Kier molecular flexibility index (Phi) is 4.79. The van der Waals surface area contributed by atoms with Crippen LogP contribution in [0.5, 0.6) is 0 Å². The van der Waals surface area contributed by atoms with Crippen LogP contribution in [0.25, 0.3) is 0 Å². The van der Waals surface area contributed by atoms with Crippen LogP contribution in [0.1, 0.15) is 19.8 Å². The van der Waals surface area contributed by atoms with Gasteiger partial charge in [-0.2, -0.15) is 0 Å². The second-order valence-corrected chi connectivity index (χ2v) is 4.95. The van der Waals surface area contributed by atoms with Crippen molar-refractivity contribution in [1.29, 1.82) is 0 Å². The molecule has 90 valence electrons. The Morgan fingerprint density at radius 2 is 2.31 bits per heavy atom. The molecular formula is C10H14O5S. The smallest absolute Gasteiger partial charge is 0.319 e. The summed E-state index contributed by atoms with van der Waals surface area (Å²) in [6, 6.07) is 0. The Morgan fingerprint density at radius 1 is 1.62 bits per heavy atom. The van der Waals surface area contributed by atoms with Crippen molar-refractivity contribution in [3.63, 3.8) is 0 Å².